The second-order valence-electron chi connectivity index (χ2n) is 2.29. The Kier molecular flexibility index (Phi) is 4.47. The van der Waals surface area contributed by atoms with Crippen molar-refractivity contribution in [2.24, 2.45) is 5.73 Å². The molecule has 0 aromatic rings. The number of hydrogen-bond acceptors (Lipinski definition) is 2. The lowest BCUT2D eigenvalue weighted by Crippen LogP contribution is -2.32. The van der Waals surface area contributed by atoms with Gasteiger partial charge in [0.1, 0.15) is 6.61 Å². The molecule has 0 rings (SSSR count). The van der Waals surface area contributed by atoms with Crippen molar-refractivity contribution in [3.8, 4) is 0 Å². The average molecular weight is 153 g/mol. The summed E-state index contributed by atoms with van der Waals surface area (Å²) in [5, 5.41) is 0. The lowest BCUT2D eigenvalue weighted by molar-refractivity contribution is -0.0237. The van der Waals surface area contributed by atoms with E-state index in [9.17, 15) is 8.78 Å². The number of alkyl halides is 2. The van der Waals surface area contributed by atoms with E-state index in [-0.39, 0.29) is 12.1 Å². The van der Waals surface area contributed by atoms with Gasteiger partial charge in [-0.3, -0.25) is 0 Å². The molecule has 0 radical (unpaired) electrons. The first kappa shape index (κ1) is 9.78. The van der Waals surface area contributed by atoms with Crippen molar-refractivity contribution in [3.05, 3.63) is 0 Å². The Morgan fingerprint density at radius 3 is 2.20 bits per heavy atom. The fourth-order valence-corrected chi connectivity index (χ4v) is 0.376. The molecule has 1 unspecified atom stereocenters. The zero-order valence-electron chi connectivity index (χ0n) is 6.18. The smallest absolute Gasteiger partial charge is 0.261 e. The summed E-state index contributed by atoms with van der Waals surface area (Å²) in [6.45, 7) is 2.87. The molecule has 0 aliphatic rings. The highest BCUT2D eigenvalue weighted by Gasteiger charge is 2.10. The van der Waals surface area contributed by atoms with E-state index in [4.69, 9.17) is 5.73 Å². The molecular formula is C6H13F2NO. The van der Waals surface area contributed by atoms with Crippen molar-refractivity contribution in [2.45, 2.75) is 32.4 Å². The molecule has 0 spiro atoms. The fraction of sp³-hybridized carbons (Fsp3) is 1.00. The van der Waals surface area contributed by atoms with Crippen LogP contribution in [0.5, 0.6) is 0 Å². The number of ether oxygens (including phenoxy) is 1. The number of halogens is 2. The Morgan fingerprint density at radius 1 is 1.40 bits per heavy atom. The van der Waals surface area contributed by atoms with Gasteiger partial charge in [-0.1, -0.05) is 0 Å². The lowest BCUT2D eigenvalue weighted by Gasteiger charge is -2.15. The van der Waals surface area contributed by atoms with Crippen LogP contribution in [-0.2, 0) is 4.74 Å². The summed E-state index contributed by atoms with van der Waals surface area (Å²) in [6, 6.07) is -0.196. The van der Waals surface area contributed by atoms with Crippen LogP contribution in [0, 0.1) is 0 Å². The molecule has 0 fully saturated rings. The van der Waals surface area contributed by atoms with Gasteiger partial charge in [0.2, 0.25) is 0 Å². The van der Waals surface area contributed by atoms with Gasteiger partial charge < -0.3 is 10.5 Å². The van der Waals surface area contributed by atoms with E-state index in [0.29, 0.717) is 0 Å². The van der Waals surface area contributed by atoms with Crippen molar-refractivity contribution < 1.29 is 13.5 Å². The maximum atomic E-state index is 11.5. The quantitative estimate of drug-likeness (QED) is 0.654. The average Bonchev–Trinajstić information content (AvgIpc) is 1.82. The summed E-state index contributed by atoms with van der Waals surface area (Å²) in [7, 11) is 0. The van der Waals surface area contributed by atoms with Gasteiger partial charge in [-0.25, -0.2) is 8.78 Å². The summed E-state index contributed by atoms with van der Waals surface area (Å²) in [5.74, 6) is 0. The molecule has 0 amide bonds. The predicted octanol–water partition coefficient (Wildman–Crippen LogP) is 1.00. The van der Waals surface area contributed by atoms with E-state index in [1.54, 1.807) is 13.8 Å². The van der Waals surface area contributed by atoms with Crippen LogP contribution in [0.4, 0.5) is 8.78 Å². The first-order valence-electron chi connectivity index (χ1n) is 3.19. The van der Waals surface area contributed by atoms with E-state index < -0.39 is 13.0 Å². The van der Waals surface area contributed by atoms with Crippen LogP contribution < -0.4 is 5.73 Å². The molecule has 2 atom stereocenters. The van der Waals surface area contributed by atoms with Gasteiger partial charge in [-0.15, -0.1) is 0 Å². The standard InChI is InChI=1S/C6H13F2NO/c1-4(9)5(2)10-3-6(7)8/h4-6H,3,9H2,1-2H3/t4-,5?/m1/s1. The van der Waals surface area contributed by atoms with Crippen LogP contribution in [0.2, 0.25) is 0 Å². The molecule has 0 saturated carbocycles. The topological polar surface area (TPSA) is 35.2 Å². The van der Waals surface area contributed by atoms with Gasteiger partial charge in [0.15, 0.2) is 0 Å². The summed E-state index contributed by atoms with van der Waals surface area (Å²) < 4.78 is 27.7. The second kappa shape index (κ2) is 4.57. The first-order valence-corrected chi connectivity index (χ1v) is 3.19. The highest BCUT2D eigenvalue weighted by molar-refractivity contribution is 4.61. The summed E-state index contributed by atoms with van der Waals surface area (Å²) in [6.07, 6.45) is -2.70. The number of rotatable bonds is 4. The molecule has 0 aliphatic heterocycles. The minimum Gasteiger partial charge on any atom is -0.371 e. The van der Waals surface area contributed by atoms with Gasteiger partial charge in [-0.05, 0) is 13.8 Å². The Labute approximate surface area is 59.3 Å². The third-order valence-corrected chi connectivity index (χ3v) is 1.23. The Hall–Kier alpha value is -0.220. The normalized spacial score (nSPS) is 17.4. The van der Waals surface area contributed by atoms with Gasteiger partial charge >= 0.3 is 0 Å². The largest absolute Gasteiger partial charge is 0.371 e. The van der Waals surface area contributed by atoms with E-state index in [2.05, 4.69) is 4.74 Å². The van der Waals surface area contributed by atoms with Gasteiger partial charge in [0.25, 0.3) is 6.43 Å². The van der Waals surface area contributed by atoms with Crippen LogP contribution in [0.3, 0.4) is 0 Å². The fourth-order valence-electron chi connectivity index (χ4n) is 0.376. The van der Waals surface area contributed by atoms with Gasteiger partial charge in [0.05, 0.1) is 6.10 Å². The Bertz CT molecular complexity index is 87.8. The number of hydrogen-bond donors (Lipinski definition) is 1. The van der Waals surface area contributed by atoms with Crippen LogP contribution >= 0.6 is 0 Å². The molecule has 4 heteroatoms. The molecule has 2 N–H and O–H groups in total. The highest BCUT2D eigenvalue weighted by atomic mass is 19.3. The lowest BCUT2D eigenvalue weighted by atomic mass is 10.2. The maximum Gasteiger partial charge on any atom is 0.261 e. The number of nitrogens with two attached hydrogens (primary N) is 1. The SMILES string of the molecule is CC(OCC(F)F)[C@@H](C)N. The highest BCUT2D eigenvalue weighted by Crippen LogP contribution is 1.99. The van der Waals surface area contributed by atoms with Gasteiger partial charge in [0, 0.05) is 6.04 Å². The third-order valence-electron chi connectivity index (χ3n) is 1.23. The summed E-state index contributed by atoms with van der Waals surface area (Å²) in [4.78, 5) is 0. The molecule has 0 aromatic heterocycles. The van der Waals surface area contributed by atoms with E-state index in [0.717, 1.165) is 0 Å². The monoisotopic (exact) mass is 153 g/mol. The minimum atomic E-state index is -2.40. The minimum absolute atomic E-state index is 0.196. The van der Waals surface area contributed by atoms with Crippen molar-refractivity contribution in [1.29, 1.82) is 0 Å². The zero-order valence-corrected chi connectivity index (χ0v) is 6.18. The Balaban J connectivity index is 3.30. The Morgan fingerprint density at radius 2 is 1.90 bits per heavy atom. The van der Waals surface area contributed by atoms with Crippen LogP contribution in [-0.4, -0.2) is 25.2 Å². The van der Waals surface area contributed by atoms with E-state index in [1.165, 1.54) is 0 Å². The summed E-state index contributed by atoms with van der Waals surface area (Å²) >= 11 is 0. The molecule has 0 aromatic carbocycles. The van der Waals surface area contributed by atoms with Gasteiger partial charge in [-0.2, -0.15) is 0 Å². The third kappa shape index (κ3) is 4.64. The first-order chi connectivity index (χ1) is 4.54. The van der Waals surface area contributed by atoms with Crippen LogP contribution in [0.15, 0.2) is 0 Å². The molecule has 0 aliphatic carbocycles. The molecular weight excluding hydrogens is 140 g/mol. The van der Waals surface area contributed by atoms with Crippen molar-refractivity contribution in [3.63, 3.8) is 0 Å². The van der Waals surface area contributed by atoms with Crippen LogP contribution in [0.25, 0.3) is 0 Å². The zero-order chi connectivity index (χ0) is 8.15. The van der Waals surface area contributed by atoms with E-state index >= 15 is 0 Å². The molecule has 2 nitrogen and oxygen atoms in total. The molecule has 0 saturated heterocycles. The predicted molar refractivity (Wildman–Crippen MR) is 35.1 cm³/mol. The van der Waals surface area contributed by atoms with Crippen molar-refractivity contribution in [1.82, 2.24) is 0 Å². The van der Waals surface area contributed by atoms with Crippen molar-refractivity contribution >= 4 is 0 Å². The second-order valence-corrected chi connectivity index (χ2v) is 2.29. The molecule has 0 heterocycles. The molecule has 0 bridgehead atoms. The summed E-state index contributed by atoms with van der Waals surface area (Å²) in [5.41, 5.74) is 5.35. The van der Waals surface area contributed by atoms with E-state index in [1.807, 2.05) is 0 Å². The maximum absolute atomic E-state index is 11.5. The molecule has 10 heavy (non-hydrogen) atoms. The van der Waals surface area contributed by atoms with Crippen molar-refractivity contribution in [2.75, 3.05) is 6.61 Å². The van der Waals surface area contributed by atoms with Crippen LogP contribution in [0.1, 0.15) is 13.8 Å². The molecule has 62 valence electrons.